The molecule has 0 aromatic heterocycles. The minimum absolute atomic E-state index is 0.0323. The number of ether oxygens (including phenoxy) is 2. The highest BCUT2D eigenvalue weighted by Crippen LogP contribution is 2.34. The highest BCUT2D eigenvalue weighted by molar-refractivity contribution is 5.50. The van der Waals surface area contributed by atoms with E-state index in [0.29, 0.717) is 0 Å². The number of nitro groups is 1. The van der Waals surface area contributed by atoms with Gasteiger partial charge < -0.3 is 9.47 Å². The Labute approximate surface area is 87.5 Å². The third-order valence-corrected chi connectivity index (χ3v) is 1.59. The number of methoxy groups -OCH3 is 1. The molecule has 0 radical (unpaired) electrons. The Kier molecular flexibility index (Phi) is 3.21. The van der Waals surface area contributed by atoms with Crippen molar-refractivity contribution in [2.75, 3.05) is 7.11 Å². The molecule has 88 valence electrons. The van der Waals surface area contributed by atoms with Crippen LogP contribution in [0.2, 0.25) is 0 Å². The number of nitrogens with zero attached hydrogens (tertiary/aromatic N) is 1. The van der Waals surface area contributed by atoms with Crippen molar-refractivity contribution < 1.29 is 27.6 Å². The summed E-state index contributed by atoms with van der Waals surface area (Å²) in [5.74, 6) is -0.873. The number of alkyl halides is 3. The molecule has 0 aliphatic carbocycles. The summed E-state index contributed by atoms with van der Waals surface area (Å²) in [5, 5.41) is 10.4. The lowest BCUT2D eigenvalue weighted by Crippen LogP contribution is -2.18. The molecule has 0 saturated heterocycles. The van der Waals surface area contributed by atoms with Crippen LogP contribution < -0.4 is 9.47 Å². The van der Waals surface area contributed by atoms with E-state index in [4.69, 9.17) is 0 Å². The van der Waals surface area contributed by atoms with Gasteiger partial charge in [-0.15, -0.1) is 13.2 Å². The van der Waals surface area contributed by atoms with Crippen LogP contribution in [0.3, 0.4) is 0 Å². The first kappa shape index (κ1) is 12.1. The summed E-state index contributed by atoms with van der Waals surface area (Å²) in [6.45, 7) is 0. The second kappa shape index (κ2) is 4.25. The molecule has 0 atom stereocenters. The SMILES string of the molecule is COc1ccc([N+](=O)[O-])c(OC(F)(F)F)c1. The van der Waals surface area contributed by atoms with Crippen LogP contribution in [0.5, 0.6) is 11.5 Å². The molecule has 8 heteroatoms. The third kappa shape index (κ3) is 3.01. The van der Waals surface area contributed by atoms with Gasteiger partial charge in [0.2, 0.25) is 5.75 Å². The number of hydrogen-bond acceptors (Lipinski definition) is 4. The summed E-state index contributed by atoms with van der Waals surface area (Å²) in [5.41, 5.74) is -0.780. The number of halogens is 3. The largest absolute Gasteiger partial charge is 0.573 e. The van der Waals surface area contributed by atoms with E-state index in [-0.39, 0.29) is 5.75 Å². The lowest BCUT2D eigenvalue weighted by atomic mass is 10.3. The lowest BCUT2D eigenvalue weighted by molar-refractivity contribution is -0.388. The second-order valence-corrected chi connectivity index (χ2v) is 2.64. The van der Waals surface area contributed by atoms with Crippen LogP contribution in [0.4, 0.5) is 18.9 Å². The summed E-state index contributed by atoms with van der Waals surface area (Å²) >= 11 is 0. The molecule has 5 nitrogen and oxygen atoms in total. The van der Waals surface area contributed by atoms with Gasteiger partial charge in [0.05, 0.1) is 12.0 Å². The van der Waals surface area contributed by atoms with Gasteiger partial charge in [0.1, 0.15) is 5.75 Å². The molecule has 0 amide bonds. The molecule has 0 spiro atoms. The number of benzene rings is 1. The minimum atomic E-state index is -4.99. The molecular formula is C8H6F3NO4. The van der Waals surface area contributed by atoms with E-state index in [9.17, 15) is 23.3 Å². The zero-order valence-electron chi connectivity index (χ0n) is 7.95. The van der Waals surface area contributed by atoms with Crippen molar-refractivity contribution >= 4 is 5.69 Å². The Bertz CT molecular complexity index is 405. The maximum Gasteiger partial charge on any atom is 0.573 e. The third-order valence-electron chi connectivity index (χ3n) is 1.59. The summed E-state index contributed by atoms with van der Waals surface area (Å²) in [7, 11) is 1.22. The van der Waals surface area contributed by atoms with Crippen LogP contribution in [0.15, 0.2) is 18.2 Å². The maximum absolute atomic E-state index is 11.9. The van der Waals surface area contributed by atoms with Crippen LogP contribution in [-0.4, -0.2) is 18.4 Å². The predicted octanol–water partition coefficient (Wildman–Crippen LogP) is 2.50. The standard InChI is InChI=1S/C8H6F3NO4/c1-15-5-2-3-6(12(13)14)7(4-5)16-8(9,10)11/h2-4H,1H3. The quantitative estimate of drug-likeness (QED) is 0.598. The molecule has 16 heavy (non-hydrogen) atoms. The fraction of sp³-hybridized carbons (Fsp3) is 0.250. The van der Waals surface area contributed by atoms with Crippen LogP contribution in [-0.2, 0) is 0 Å². The Balaban J connectivity index is 3.15. The smallest absolute Gasteiger partial charge is 0.497 e. The van der Waals surface area contributed by atoms with Crippen LogP contribution in [0, 0.1) is 10.1 Å². The van der Waals surface area contributed by atoms with Crippen molar-refractivity contribution in [3.8, 4) is 11.5 Å². The fourth-order valence-electron chi connectivity index (χ4n) is 0.979. The van der Waals surface area contributed by atoms with Gasteiger partial charge in [-0.3, -0.25) is 10.1 Å². The van der Waals surface area contributed by atoms with Crippen molar-refractivity contribution in [2.45, 2.75) is 6.36 Å². The molecule has 0 heterocycles. The van der Waals surface area contributed by atoms with Crippen LogP contribution in [0.25, 0.3) is 0 Å². The number of rotatable bonds is 3. The van der Waals surface area contributed by atoms with Gasteiger partial charge in [-0.05, 0) is 6.07 Å². The second-order valence-electron chi connectivity index (χ2n) is 2.64. The molecule has 0 unspecified atom stereocenters. The van der Waals surface area contributed by atoms with Gasteiger partial charge in [-0.2, -0.15) is 0 Å². The molecule has 1 aromatic carbocycles. The van der Waals surface area contributed by atoms with E-state index in [1.165, 1.54) is 13.2 Å². The van der Waals surface area contributed by atoms with E-state index in [1.54, 1.807) is 0 Å². The molecule has 1 aromatic rings. The van der Waals surface area contributed by atoms with Crippen LogP contribution >= 0.6 is 0 Å². The van der Waals surface area contributed by atoms with E-state index in [0.717, 1.165) is 12.1 Å². The zero-order chi connectivity index (χ0) is 12.3. The van der Waals surface area contributed by atoms with E-state index in [2.05, 4.69) is 9.47 Å². The Hall–Kier alpha value is -1.99. The Morgan fingerprint density at radius 3 is 2.44 bits per heavy atom. The van der Waals surface area contributed by atoms with Crippen molar-refractivity contribution in [1.29, 1.82) is 0 Å². The van der Waals surface area contributed by atoms with E-state index < -0.39 is 22.7 Å². The van der Waals surface area contributed by atoms with Gasteiger partial charge in [0, 0.05) is 12.1 Å². The Morgan fingerprint density at radius 2 is 2.00 bits per heavy atom. The average molecular weight is 237 g/mol. The number of nitro benzene ring substituents is 1. The normalized spacial score (nSPS) is 11.0. The maximum atomic E-state index is 11.9. The first-order chi connectivity index (χ1) is 7.33. The van der Waals surface area contributed by atoms with Gasteiger partial charge in [-0.1, -0.05) is 0 Å². The molecule has 1 rings (SSSR count). The monoisotopic (exact) mass is 237 g/mol. The van der Waals surface area contributed by atoms with Gasteiger partial charge in [0.15, 0.2) is 0 Å². The van der Waals surface area contributed by atoms with E-state index >= 15 is 0 Å². The summed E-state index contributed by atoms with van der Waals surface area (Å²) < 4.78 is 44.0. The van der Waals surface area contributed by atoms with Crippen molar-refractivity contribution in [3.63, 3.8) is 0 Å². The van der Waals surface area contributed by atoms with E-state index in [1.807, 2.05) is 0 Å². The predicted molar refractivity (Wildman–Crippen MR) is 46.3 cm³/mol. The highest BCUT2D eigenvalue weighted by atomic mass is 19.4. The summed E-state index contributed by atoms with van der Waals surface area (Å²) in [6.07, 6.45) is -4.99. The topological polar surface area (TPSA) is 61.6 Å². The van der Waals surface area contributed by atoms with Gasteiger partial charge >= 0.3 is 12.0 Å². The zero-order valence-corrected chi connectivity index (χ0v) is 7.95. The summed E-state index contributed by atoms with van der Waals surface area (Å²) in [4.78, 5) is 9.45. The lowest BCUT2D eigenvalue weighted by Gasteiger charge is -2.09. The Morgan fingerprint density at radius 1 is 1.38 bits per heavy atom. The van der Waals surface area contributed by atoms with Gasteiger partial charge in [-0.25, -0.2) is 0 Å². The first-order valence-electron chi connectivity index (χ1n) is 3.91. The van der Waals surface area contributed by atoms with Crippen LogP contribution in [0.1, 0.15) is 0 Å². The molecule has 0 bridgehead atoms. The molecule has 0 N–H and O–H groups in total. The molecule has 0 saturated carbocycles. The van der Waals surface area contributed by atoms with Crippen molar-refractivity contribution in [1.82, 2.24) is 0 Å². The molecular weight excluding hydrogens is 231 g/mol. The molecule has 0 fully saturated rings. The van der Waals surface area contributed by atoms with Gasteiger partial charge in [0.25, 0.3) is 0 Å². The minimum Gasteiger partial charge on any atom is -0.497 e. The first-order valence-corrected chi connectivity index (χ1v) is 3.91. The van der Waals surface area contributed by atoms with Crippen molar-refractivity contribution in [2.24, 2.45) is 0 Å². The molecule has 0 aliphatic heterocycles. The average Bonchev–Trinajstić information content (AvgIpc) is 2.14. The van der Waals surface area contributed by atoms with Crippen molar-refractivity contribution in [3.05, 3.63) is 28.3 Å². The highest BCUT2D eigenvalue weighted by Gasteiger charge is 2.34. The summed E-state index contributed by atoms with van der Waals surface area (Å²) in [6, 6.07) is 2.84. The molecule has 0 aliphatic rings. The fourth-order valence-corrected chi connectivity index (χ4v) is 0.979. The number of hydrogen-bond donors (Lipinski definition) is 0.